The lowest BCUT2D eigenvalue weighted by molar-refractivity contribution is 0.165. The molecule has 0 aromatic carbocycles. The first-order valence-electron chi connectivity index (χ1n) is 6.38. The smallest absolute Gasteiger partial charge is 0.348 e. The molecule has 0 aliphatic carbocycles. The third-order valence-corrected chi connectivity index (χ3v) is 2.87. The molecule has 7 heteroatoms. The molecule has 0 radical (unpaired) electrons. The van der Waals surface area contributed by atoms with Gasteiger partial charge in [-0.25, -0.2) is 19.3 Å². The summed E-state index contributed by atoms with van der Waals surface area (Å²) in [5.74, 6) is 0. The summed E-state index contributed by atoms with van der Waals surface area (Å²) in [6, 6.07) is 2.03. The van der Waals surface area contributed by atoms with E-state index in [0.717, 1.165) is 25.1 Å². The number of aromatic amines is 1. The van der Waals surface area contributed by atoms with E-state index in [9.17, 15) is 4.79 Å². The van der Waals surface area contributed by atoms with E-state index in [0.29, 0.717) is 12.3 Å². The molecule has 0 spiro atoms. The van der Waals surface area contributed by atoms with Crippen LogP contribution >= 0.6 is 0 Å². The maximum absolute atomic E-state index is 11.3. The zero-order valence-electron chi connectivity index (χ0n) is 11.2. The maximum Gasteiger partial charge on any atom is 0.348 e. The molecule has 2 aromatic heterocycles. The molecule has 2 heterocycles. The predicted octanol–water partition coefficient (Wildman–Crippen LogP) is -0.0253. The summed E-state index contributed by atoms with van der Waals surface area (Å²) >= 11 is 0. The number of methoxy groups -OCH3 is 1. The standard InChI is InChI=1S/C12H19N5O2/c1-3-4-13-10(7-19-2)5-9-6-11-15-16-12(18)17(11)8-14-9/h6,8,10,13H,3-5,7H2,1-2H3,(H,16,18). The lowest BCUT2D eigenvalue weighted by Gasteiger charge is -2.17. The fourth-order valence-electron chi connectivity index (χ4n) is 1.95. The fraction of sp³-hybridized carbons (Fsp3) is 0.583. The van der Waals surface area contributed by atoms with Crippen LogP contribution in [0.5, 0.6) is 0 Å². The zero-order chi connectivity index (χ0) is 13.7. The average Bonchev–Trinajstić information content (AvgIpc) is 2.77. The molecule has 0 saturated heterocycles. The predicted molar refractivity (Wildman–Crippen MR) is 71.3 cm³/mol. The Hall–Kier alpha value is -1.73. The van der Waals surface area contributed by atoms with E-state index < -0.39 is 0 Å². The second kappa shape index (κ2) is 6.44. The first-order valence-corrected chi connectivity index (χ1v) is 6.38. The Morgan fingerprint density at radius 1 is 1.58 bits per heavy atom. The van der Waals surface area contributed by atoms with Crippen molar-refractivity contribution in [3.8, 4) is 0 Å². The Morgan fingerprint density at radius 2 is 2.42 bits per heavy atom. The Morgan fingerprint density at radius 3 is 3.16 bits per heavy atom. The van der Waals surface area contributed by atoms with Crippen molar-refractivity contribution in [3.05, 3.63) is 28.6 Å². The molecule has 0 aliphatic rings. The largest absolute Gasteiger partial charge is 0.383 e. The van der Waals surface area contributed by atoms with E-state index in [-0.39, 0.29) is 11.7 Å². The summed E-state index contributed by atoms with van der Waals surface area (Å²) in [5, 5.41) is 9.73. The van der Waals surface area contributed by atoms with Crippen molar-refractivity contribution in [1.82, 2.24) is 24.9 Å². The van der Waals surface area contributed by atoms with E-state index in [4.69, 9.17) is 4.74 Å². The third kappa shape index (κ3) is 3.39. The molecule has 0 aliphatic heterocycles. The topological polar surface area (TPSA) is 84.3 Å². The summed E-state index contributed by atoms with van der Waals surface area (Å²) in [7, 11) is 1.69. The molecule has 1 unspecified atom stereocenters. The molecule has 0 amide bonds. The second-order valence-corrected chi connectivity index (χ2v) is 4.45. The van der Waals surface area contributed by atoms with Crippen molar-refractivity contribution in [2.24, 2.45) is 0 Å². The third-order valence-electron chi connectivity index (χ3n) is 2.87. The molecule has 1 atom stereocenters. The maximum atomic E-state index is 11.3. The molecule has 2 rings (SSSR count). The van der Waals surface area contributed by atoms with Gasteiger partial charge in [-0.15, -0.1) is 0 Å². The van der Waals surface area contributed by atoms with Gasteiger partial charge in [0.1, 0.15) is 6.33 Å². The highest BCUT2D eigenvalue weighted by molar-refractivity contribution is 5.36. The Labute approximate surface area is 111 Å². The summed E-state index contributed by atoms with van der Waals surface area (Å²) in [5.41, 5.74) is 1.20. The van der Waals surface area contributed by atoms with Crippen LogP contribution in [0.1, 0.15) is 19.0 Å². The molecule has 0 saturated carbocycles. The fourth-order valence-corrected chi connectivity index (χ4v) is 1.95. The monoisotopic (exact) mass is 265 g/mol. The van der Waals surface area contributed by atoms with Crippen LogP contribution in [0.15, 0.2) is 17.2 Å². The van der Waals surface area contributed by atoms with Crippen LogP contribution in [-0.2, 0) is 11.2 Å². The minimum atomic E-state index is -0.272. The number of rotatable bonds is 7. The van der Waals surface area contributed by atoms with Crippen molar-refractivity contribution >= 4 is 5.65 Å². The van der Waals surface area contributed by atoms with Gasteiger partial charge in [-0.1, -0.05) is 6.92 Å². The van der Waals surface area contributed by atoms with Crippen molar-refractivity contribution in [2.45, 2.75) is 25.8 Å². The molecule has 2 aromatic rings. The van der Waals surface area contributed by atoms with E-state index in [1.54, 1.807) is 7.11 Å². The first-order chi connectivity index (χ1) is 9.24. The number of ether oxygens (including phenoxy) is 1. The number of nitrogens with one attached hydrogen (secondary N) is 2. The Kier molecular flexibility index (Phi) is 4.64. The second-order valence-electron chi connectivity index (χ2n) is 4.45. The van der Waals surface area contributed by atoms with Crippen LogP contribution in [0.2, 0.25) is 0 Å². The first kappa shape index (κ1) is 13.7. The van der Waals surface area contributed by atoms with Gasteiger partial charge in [0.15, 0.2) is 5.65 Å². The highest BCUT2D eigenvalue weighted by Crippen LogP contribution is 2.03. The van der Waals surface area contributed by atoms with Gasteiger partial charge in [-0.05, 0) is 13.0 Å². The quantitative estimate of drug-likeness (QED) is 0.734. The van der Waals surface area contributed by atoms with Crippen molar-refractivity contribution < 1.29 is 4.74 Å². The van der Waals surface area contributed by atoms with Gasteiger partial charge in [0.25, 0.3) is 0 Å². The molecular formula is C12H19N5O2. The van der Waals surface area contributed by atoms with Crippen molar-refractivity contribution in [3.63, 3.8) is 0 Å². The van der Waals surface area contributed by atoms with Gasteiger partial charge < -0.3 is 10.1 Å². The summed E-state index contributed by atoms with van der Waals surface area (Å²) in [6.07, 6.45) is 3.31. The Balaban J connectivity index is 2.11. The van der Waals surface area contributed by atoms with Crippen LogP contribution in [0.4, 0.5) is 0 Å². The summed E-state index contributed by atoms with van der Waals surface area (Å²) in [6.45, 7) is 3.69. The summed E-state index contributed by atoms with van der Waals surface area (Å²) in [4.78, 5) is 15.6. The van der Waals surface area contributed by atoms with Gasteiger partial charge in [0.05, 0.1) is 6.61 Å². The normalized spacial score (nSPS) is 12.9. The molecular weight excluding hydrogens is 246 g/mol. The SMILES string of the molecule is CCCNC(COC)Cc1cc2n[nH]c(=O)n2cn1. The molecule has 19 heavy (non-hydrogen) atoms. The van der Waals surface area contributed by atoms with Crippen LogP contribution in [0.25, 0.3) is 5.65 Å². The Bertz CT molecular complexity index is 577. The number of H-pyrrole nitrogens is 1. The number of hydrogen-bond donors (Lipinski definition) is 2. The molecule has 0 fully saturated rings. The number of hydrogen-bond acceptors (Lipinski definition) is 5. The van der Waals surface area contributed by atoms with E-state index in [2.05, 4.69) is 27.4 Å². The van der Waals surface area contributed by atoms with Gasteiger partial charge in [-0.3, -0.25) is 0 Å². The highest BCUT2D eigenvalue weighted by Gasteiger charge is 2.10. The lowest BCUT2D eigenvalue weighted by atomic mass is 10.1. The molecule has 7 nitrogen and oxygen atoms in total. The van der Waals surface area contributed by atoms with Gasteiger partial charge >= 0.3 is 5.69 Å². The average molecular weight is 265 g/mol. The van der Waals surface area contributed by atoms with Crippen LogP contribution in [-0.4, -0.2) is 45.9 Å². The summed E-state index contributed by atoms with van der Waals surface area (Å²) < 4.78 is 6.58. The minimum Gasteiger partial charge on any atom is -0.383 e. The van der Waals surface area contributed by atoms with Crippen molar-refractivity contribution in [2.75, 3.05) is 20.3 Å². The van der Waals surface area contributed by atoms with Gasteiger partial charge in [-0.2, -0.15) is 5.10 Å². The van der Waals surface area contributed by atoms with Crippen LogP contribution < -0.4 is 11.0 Å². The van der Waals surface area contributed by atoms with Crippen molar-refractivity contribution in [1.29, 1.82) is 0 Å². The molecule has 2 N–H and O–H groups in total. The van der Waals surface area contributed by atoms with Gasteiger partial charge in [0.2, 0.25) is 0 Å². The highest BCUT2D eigenvalue weighted by atomic mass is 16.5. The lowest BCUT2D eigenvalue weighted by Crippen LogP contribution is -2.36. The number of nitrogens with zero attached hydrogens (tertiary/aromatic N) is 3. The van der Waals surface area contributed by atoms with E-state index in [1.807, 2.05) is 6.07 Å². The van der Waals surface area contributed by atoms with E-state index >= 15 is 0 Å². The minimum absolute atomic E-state index is 0.213. The van der Waals surface area contributed by atoms with Crippen LogP contribution in [0.3, 0.4) is 0 Å². The van der Waals surface area contributed by atoms with E-state index in [1.165, 1.54) is 10.7 Å². The molecule has 104 valence electrons. The number of fused-ring (bicyclic) bond motifs is 1. The van der Waals surface area contributed by atoms with Crippen LogP contribution in [0, 0.1) is 0 Å². The number of aromatic nitrogens is 4. The van der Waals surface area contributed by atoms with Gasteiger partial charge in [0, 0.05) is 31.3 Å². The molecule has 0 bridgehead atoms. The zero-order valence-corrected chi connectivity index (χ0v) is 11.2.